The van der Waals surface area contributed by atoms with Gasteiger partial charge in [-0.1, -0.05) is 30.3 Å². The second kappa shape index (κ2) is 9.88. The molecule has 0 aliphatic heterocycles. The fraction of sp³-hybridized carbons (Fsp3) is 0.150. The molecule has 3 aromatic rings. The second-order valence-corrected chi connectivity index (χ2v) is 6.88. The molecule has 30 heavy (non-hydrogen) atoms. The summed E-state index contributed by atoms with van der Waals surface area (Å²) in [6.45, 7) is -2.96. The number of rotatable bonds is 8. The molecule has 0 radical (unpaired) electrons. The first-order chi connectivity index (χ1) is 14.4. The van der Waals surface area contributed by atoms with E-state index in [4.69, 9.17) is 0 Å². The lowest BCUT2D eigenvalue weighted by atomic mass is 10.2. The molecule has 0 aliphatic carbocycles. The van der Waals surface area contributed by atoms with Crippen LogP contribution in [0.3, 0.4) is 0 Å². The van der Waals surface area contributed by atoms with Crippen LogP contribution < -0.4 is 15.4 Å². The average molecular weight is 435 g/mol. The normalized spacial score (nSPS) is 10.7. The van der Waals surface area contributed by atoms with Crippen molar-refractivity contribution in [2.45, 2.75) is 19.6 Å². The smallest absolute Gasteiger partial charge is 0.387 e. The molecule has 2 aromatic carbocycles. The Bertz CT molecular complexity index is 1040. The molecular formula is C20H16F3N3O3S. The van der Waals surface area contributed by atoms with Gasteiger partial charge in [0.15, 0.2) is 5.13 Å². The number of para-hydroxylation sites is 1. The van der Waals surface area contributed by atoms with Crippen molar-refractivity contribution in [1.82, 2.24) is 10.3 Å². The number of thiazole rings is 1. The van der Waals surface area contributed by atoms with Gasteiger partial charge in [-0.25, -0.2) is 9.37 Å². The number of aromatic nitrogens is 1. The first-order valence-corrected chi connectivity index (χ1v) is 9.60. The van der Waals surface area contributed by atoms with Gasteiger partial charge in [-0.3, -0.25) is 14.9 Å². The van der Waals surface area contributed by atoms with Gasteiger partial charge in [0.2, 0.25) is 5.91 Å². The summed E-state index contributed by atoms with van der Waals surface area (Å²) >= 11 is 1.10. The van der Waals surface area contributed by atoms with E-state index in [1.807, 2.05) is 0 Å². The Morgan fingerprint density at radius 1 is 1.10 bits per heavy atom. The van der Waals surface area contributed by atoms with E-state index in [2.05, 4.69) is 20.4 Å². The highest BCUT2D eigenvalue weighted by molar-refractivity contribution is 7.14. The van der Waals surface area contributed by atoms with Crippen LogP contribution in [0.4, 0.5) is 18.3 Å². The maximum Gasteiger partial charge on any atom is 0.387 e. The molecule has 0 bridgehead atoms. The number of hydrogen-bond acceptors (Lipinski definition) is 5. The molecule has 156 valence electrons. The van der Waals surface area contributed by atoms with Crippen molar-refractivity contribution in [2.75, 3.05) is 5.32 Å². The van der Waals surface area contributed by atoms with Gasteiger partial charge >= 0.3 is 6.61 Å². The highest BCUT2D eigenvalue weighted by Crippen LogP contribution is 2.20. The van der Waals surface area contributed by atoms with Crippen molar-refractivity contribution < 1.29 is 27.5 Å². The van der Waals surface area contributed by atoms with E-state index in [-0.39, 0.29) is 35.3 Å². The van der Waals surface area contributed by atoms with Crippen LogP contribution in [-0.4, -0.2) is 23.4 Å². The van der Waals surface area contributed by atoms with Crippen molar-refractivity contribution >= 4 is 28.3 Å². The Morgan fingerprint density at radius 2 is 1.83 bits per heavy atom. The highest BCUT2D eigenvalue weighted by Gasteiger charge is 2.15. The minimum absolute atomic E-state index is 0.00272. The van der Waals surface area contributed by atoms with Crippen LogP contribution in [0.25, 0.3) is 0 Å². The molecule has 0 atom stereocenters. The molecule has 1 heterocycles. The third-order valence-electron chi connectivity index (χ3n) is 3.90. The summed E-state index contributed by atoms with van der Waals surface area (Å²) in [6.07, 6.45) is -0.0794. The minimum atomic E-state index is -2.96. The Labute approximate surface area is 173 Å². The lowest BCUT2D eigenvalue weighted by molar-refractivity contribution is -0.120. The summed E-state index contributed by atoms with van der Waals surface area (Å²) in [5, 5.41) is 6.91. The predicted octanol–water partition coefficient (Wildman–Crippen LogP) is 3.99. The number of anilines is 1. The summed E-state index contributed by atoms with van der Waals surface area (Å²) in [7, 11) is 0. The van der Waals surface area contributed by atoms with Crippen LogP contribution in [-0.2, 0) is 17.8 Å². The molecule has 3 rings (SSSR count). The van der Waals surface area contributed by atoms with E-state index in [1.165, 1.54) is 24.3 Å². The van der Waals surface area contributed by atoms with Gasteiger partial charge in [-0.05, 0) is 18.2 Å². The van der Waals surface area contributed by atoms with Crippen molar-refractivity contribution in [2.24, 2.45) is 0 Å². The zero-order valence-corrected chi connectivity index (χ0v) is 16.2. The van der Waals surface area contributed by atoms with E-state index >= 15 is 0 Å². The molecule has 10 heteroatoms. The third-order valence-corrected chi connectivity index (χ3v) is 4.70. The SMILES string of the molecule is O=C(Cc1csc(NC(=O)c2ccccc2F)n1)NCc1ccccc1OC(F)F. The number of alkyl halides is 2. The van der Waals surface area contributed by atoms with Gasteiger partial charge in [0.05, 0.1) is 17.7 Å². The fourth-order valence-electron chi connectivity index (χ4n) is 2.54. The molecule has 6 nitrogen and oxygen atoms in total. The molecular weight excluding hydrogens is 419 g/mol. The van der Waals surface area contributed by atoms with Crippen LogP contribution in [0, 0.1) is 5.82 Å². The number of benzene rings is 2. The first kappa shape index (κ1) is 21.3. The fourth-order valence-corrected chi connectivity index (χ4v) is 3.24. The number of carbonyl (C=O) groups excluding carboxylic acids is 2. The number of ether oxygens (including phenoxy) is 1. The van der Waals surface area contributed by atoms with E-state index in [9.17, 15) is 22.8 Å². The minimum Gasteiger partial charge on any atom is -0.434 e. The summed E-state index contributed by atoms with van der Waals surface area (Å²) < 4.78 is 43.0. The lowest BCUT2D eigenvalue weighted by Crippen LogP contribution is -2.25. The standard InChI is InChI=1S/C20H16F3N3O3S/c21-15-7-3-2-6-14(15)18(28)26-20-25-13(11-30-20)9-17(27)24-10-12-5-1-4-8-16(12)29-19(22)23/h1-8,11,19H,9-10H2,(H,24,27)(H,25,26,28). The predicted molar refractivity (Wildman–Crippen MR) is 105 cm³/mol. The number of halogens is 3. The molecule has 0 aliphatic rings. The highest BCUT2D eigenvalue weighted by atomic mass is 32.1. The van der Waals surface area contributed by atoms with Crippen molar-refractivity contribution in [3.8, 4) is 5.75 Å². The van der Waals surface area contributed by atoms with Crippen LogP contribution in [0.2, 0.25) is 0 Å². The molecule has 0 spiro atoms. The zero-order chi connectivity index (χ0) is 21.5. The number of hydrogen-bond donors (Lipinski definition) is 2. The monoisotopic (exact) mass is 435 g/mol. The van der Waals surface area contributed by atoms with E-state index in [0.29, 0.717) is 11.3 Å². The van der Waals surface area contributed by atoms with Crippen LogP contribution >= 0.6 is 11.3 Å². The van der Waals surface area contributed by atoms with E-state index < -0.39 is 18.3 Å². The Hall–Kier alpha value is -3.40. The van der Waals surface area contributed by atoms with Gasteiger partial charge in [0, 0.05) is 17.5 Å². The van der Waals surface area contributed by atoms with Crippen LogP contribution in [0.1, 0.15) is 21.6 Å². The topological polar surface area (TPSA) is 80.3 Å². The molecule has 2 N–H and O–H groups in total. The third kappa shape index (κ3) is 5.80. The summed E-state index contributed by atoms with van der Waals surface area (Å²) in [5.74, 6) is -1.70. The molecule has 2 amide bonds. The number of nitrogens with one attached hydrogen (secondary N) is 2. The van der Waals surface area contributed by atoms with Gasteiger partial charge in [0.1, 0.15) is 11.6 Å². The molecule has 0 saturated carbocycles. The van der Waals surface area contributed by atoms with Crippen molar-refractivity contribution in [1.29, 1.82) is 0 Å². The zero-order valence-electron chi connectivity index (χ0n) is 15.4. The van der Waals surface area contributed by atoms with Crippen LogP contribution in [0.5, 0.6) is 5.75 Å². The van der Waals surface area contributed by atoms with Crippen LogP contribution in [0.15, 0.2) is 53.9 Å². The van der Waals surface area contributed by atoms with Gasteiger partial charge in [-0.15, -0.1) is 11.3 Å². The second-order valence-electron chi connectivity index (χ2n) is 6.02. The molecule has 0 fully saturated rings. The van der Waals surface area contributed by atoms with Gasteiger partial charge in [0.25, 0.3) is 5.91 Å². The lowest BCUT2D eigenvalue weighted by Gasteiger charge is -2.11. The quantitative estimate of drug-likeness (QED) is 0.561. The van der Waals surface area contributed by atoms with E-state index in [0.717, 1.165) is 11.3 Å². The number of nitrogens with zero attached hydrogens (tertiary/aromatic N) is 1. The number of carbonyl (C=O) groups is 2. The van der Waals surface area contributed by atoms with Crippen molar-refractivity contribution in [3.05, 3.63) is 76.5 Å². The van der Waals surface area contributed by atoms with E-state index in [1.54, 1.807) is 29.6 Å². The first-order valence-electron chi connectivity index (χ1n) is 8.72. The van der Waals surface area contributed by atoms with Crippen molar-refractivity contribution in [3.63, 3.8) is 0 Å². The molecule has 0 unspecified atom stereocenters. The summed E-state index contributed by atoms with van der Waals surface area (Å²) in [4.78, 5) is 28.4. The maximum atomic E-state index is 13.7. The summed E-state index contributed by atoms with van der Waals surface area (Å²) in [5.41, 5.74) is 0.692. The Balaban J connectivity index is 1.54. The summed E-state index contributed by atoms with van der Waals surface area (Å²) in [6, 6.07) is 11.7. The maximum absolute atomic E-state index is 13.7. The average Bonchev–Trinajstić information content (AvgIpc) is 3.13. The largest absolute Gasteiger partial charge is 0.434 e. The Morgan fingerprint density at radius 3 is 2.60 bits per heavy atom. The molecule has 1 aromatic heterocycles. The number of amides is 2. The Kier molecular flexibility index (Phi) is 7.02. The molecule has 0 saturated heterocycles. The van der Waals surface area contributed by atoms with Gasteiger partial charge in [-0.2, -0.15) is 8.78 Å². The van der Waals surface area contributed by atoms with Gasteiger partial charge < -0.3 is 10.1 Å².